The number of alkyl halides is 3. The molecule has 0 saturated heterocycles. The van der Waals surface area contributed by atoms with E-state index in [9.17, 15) is 27.6 Å². The van der Waals surface area contributed by atoms with Crippen molar-refractivity contribution in [2.45, 2.75) is 13.3 Å². The number of ether oxygens (including phenoxy) is 4. The van der Waals surface area contributed by atoms with Crippen LogP contribution in [0.15, 0.2) is 42.5 Å². The van der Waals surface area contributed by atoms with Gasteiger partial charge in [0.05, 0.1) is 5.69 Å². The molecule has 0 radical (unpaired) electrons. The van der Waals surface area contributed by atoms with Crippen molar-refractivity contribution in [3.8, 4) is 17.2 Å². The number of ketones is 1. The highest BCUT2D eigenvalue weighted by Gasteiger charge is 2.30. The molecular weight excluding hydrogens is 435 g/mol. The number of anilines is 1. The predicted molar refractivity (Wildman–Crippen MR) is 104 cm³/mol. The minimum atomic E-state index is -4.80. The summed E-state index contributed by atoms with van der Waals surface area (Å²) < 4.78 is 55.4. The van der Waals surface area contributed by atoms with Gasteiger partial charge < -0.3 is 24.3 Å². The summed E-state index contributed by atoms with van der Waals surface area (Å²) in [6, 6.07) is 7.67. The Morgan fingerprint density at radius 1 is 1.09 bits per heavy atom. The van der Waals surface area contributed by atoms with Crippen LogP contribution >= 0.6 is 0 Å². The van der Waals surface area contributed by atoms with Gasteiger partial charge >= 0.3 is 12.3 Å². The second kappa shape index (κ2) is 9.41. The largest absolute Gasteiger partial charge is 0.573 e. The Labute approximate surface area is 179 Å². The van der Waals surface area contributed by atoms with E-state index >= 15 is 0 Å². The fraction of sp³-hybridized carbons (Fsp3) is 0.190. The van der Waals surface area contributed by atoms with Gasteiger partial charge in [-0.1, -0.05) is 12.1 Å². The molecule has 0 saturated carbocycles. The zero-order valence-corrected chi connectivity index (χ0v) is 16.5. The van der Waals surface area contributed by atoms with E-state index in [2.05, 4.69) is 10.1 Å². The molecule has 0 bridgehead atoms. The molecule has 0 aliphatic carbocycles. The summed E-state index contributed by atoms with van der Waals surface area (Å²) in [5, 5.41) is 2.47. The third kappa shape index (κ3) is 6.24. The van der Waals surface area contributed by atoms with Crippen LogP contribution in [-0.4, -0.2) is 37.4 Å². The van der Waals surface area contributed by atoms with Crippen molar-refractivity contribution in [3.63, 3.8) is 0 Å². The van der Waals surface area contributed by atoms with Gasteiger partial charge in [0.2, 0.25) is 6.79 Å². The summed E-state index contributed by atoms with van der Waals surface area (Å²) >= 11 is 0. The van der Waals surface area contributed by atoms with Gasteiger partial charge in [-0.05, 0) is 36.8 Å². The highest BCUT2D eigenvalue weighted by atomic mass is 19.4. The standard InChI is InChI=1S/C21H16F3NO7/c1-12(26)15-8-17-18(31-11-30-17)9-16(15)25-19(27)10-29-20(28)7-4-13-2-5-14(6-3-13)32-21(22,23)24/h2-9H,10-11H2,1H3,(H,25,27)/b7-4+. The van der Waals surface area contributed by atoms with Crippen molar-refractivity contribution in [2.75, 3.05) is 18.7 Å². The first-order chi connectivity index (χ1) is 15.1. The number of esters is 1. The molecule has 1 aliphatic rings. The summed E-state index contributed by atoms with van der Waals surface area (Å²) in [7, 11) is 0. The second-order valence-corrected chi connectivity index (χ2v) is 6.41. The summed E-state index contributed by atoms with van der Waals surface area (Å²) in [5.74, 6) is -1.53. The molecule has 0 fully saturated rings. The lowest BCUT2D eigenvalue weighted by molar-refractivity contribution is -0.274. The Morgan fingerprint density at radius 3 is 2.38 bits per heavy atom. The van der Waals surface area contributed by atoms with Gasteiger partial charge in [-0.3, -0.25) is 9.59 Å². The Bertz CT molecular complexity index is 1060. The van der Waals surface area contributed by atoms with Crippen molar-refractivity contribution in [1.29, 1.82) is 0 Å². The molecule has 0 aromatic heterocycles. The Morgan fingerprint density at radius 2 is 1.75 bits per heavy atom. The van der Waals surface area contributed by atoms with Gasteiger partial charge in [0, 0.05) is 17.7 Å². The SMILES string of the molecule is CC(=O)c1cc2c(cc1NC(=O)COC(=O)/C=C/c1ccc(OC(F)(F)F)cc1)OCO2. The van der Waals surface area contributed by atoms with Gasteiger partial charge in [0.1, 0.15) is 5.75 Å². The van der Waals surface area contributed by atoms with Crippen LogP contribution in [0.5, 0.6) is 17.2 Å². The number of nitrogens with one attached hydrogen (secondary N) is 1. The Hall–Kier alpha value is -4.02. The quantitative estimate of drug-likeness (QED) is 0.389. The first kappa shape index (κ1) is 22.7. The number of hydrogen-bond donors (Lipinski definition) is 1. The molecule has 2 aromatic rings. The monoisotopic (exact) mass is 451 g/mol. The van der Waals surface area contributed by atoms with Crippen LogP contribution in [-0.2, 0) is 14.3 Å². The third-order valence-electron chi connectivity index (χ3n) is 4.04. The minimum Gasteiger partial charge on any atom is -0.454 e. The van der Waals surface area contributed by atoms with E-state index in [1.165, 1.54) is 37.3 Å². The number of carbonyl (C=O) groups excluding carboxylic acids is 3. The fourth-order valence-electron chi connectivity index (χ4n) is 2.65. The first-order valence-electron chi connectivity index (χ1n) is 9.06. The van der Waals surface area contributed by atoms with Gasteiger partial charge in [0.25, 0.3) is 5.91 Å². The van der Waals surface area contributed by atoms with Crippen LogP contribution in [0.1, 0.15) is 22.8 Å². The highest BCUT2D eigenvalue weighted by Crippen LogP contribution is 2.37. The van der Waals surface area contributed by atoms with Crippen molar-refractivity contribution in [2.24, 2.45) is 0 Å². The fourth-order valence-corrected chi connectivity index (χ4v) is 2.65. The number of rotatable bonds is 7. The summed E-state index contributed by atoms with van der Waals surface area (Å²) in [6.07, 6.45) is -2.49. The van der Waals surface area contributed by atoms with Gasteiger partial charge in [-0.2, -0.15) is 0 Å². The Kier molecular flexibility index (Phi) is 6.67. The van der Waals surface area contributed by atoms with E-state index in [1.54, 1.807) is 0 Å². The molecule has 11 heteroatoms. The van der Waals surface area contributed by atoms with Crippen LogP contribution in [0.2, 0.25) is 0 Å². The summed E-state index contributed by atoms with van der Waals surface area (Å²) in [6.45, 7) is 0.680. The van der Waals surface area contributed by atoms with Crippen LogP contribution in [0.25, 0.3) is 6.08 Å². The van der Waals surface area contributed by atoms with Crippen molar-refractivity contribution in [3.05, 3.63) is 53.6 Å². The highest BCUT2D eigenvalue weighted by molar-refractivity contribution is 6.05. The second-order valence-electron chi connectivity index (χ2n) is 6.41. The number of hydrogen-bond acceptors (Lipinski definition) is 7. The molecule has 2 aromatic carbocycles. The molecule has 1 N–H and O–H groups in total. The van der Waals surface area contributed by atoms with Crippen molar-refractivity contribution >= 4 is 29.4 Å². The lowest BCUT2D eigenvalue weighted by Gasteiger charge is -2.10. The molecule has 1 aliphatic heterocycles. The molecular formula is C21H16F3NO7. The maximum absolute atomic E-state index is 12.1. The lowest BCUT2D eigenvalue weighted by Crippen LogP contribution is -2.21. The average molecular weight is 451 g/mol. The summed E-state index contributed by atoms with van der Waals surface area (Å²) in [5.41, 5.74) is 0.790. The van der Waals surface area contributed by atoms with Gasteiger partial charge in [0.15, 0.2) is 23.9 Å². The number of amides is 1. The number of carbonyl (C=O) groups is 3. The van der Waals surface area contributed by atoms with E-state index in [1.807, 2.05) is 0 Å². The smallest absolute Gasteiger partial charge is 0.454 e. The van der Waals surface area contributed by atoms with Crippen LogP contribution in [0.4, 0.5) is 18.9 Å². The molecule has 3 rings (SSSR count). The Balaban J connectivity index is 1.53. The molecule has 0 unspecified atom stereocenters. The van der Waals surface area contributed by atoms with Crippen LogP contribution in [0.3, 0.4) is 0 Å². The molecule has 0 atom stereocenters. The first-order valence-corrected chi connectivity index (χ1v) is 9.06. The predicted octanol–water partition coefficient (Wildman–Crippen LogP) is 3.71. The molecule has 8 nitrogen and oxygen atoms in total. The van der Waals surface area contributed by atoms with Crippen LogP contribution < -0.4 is 19.5 Å². The molecule has 168 valence electrons. The summed E-state index contributed by atoms with van der Waals surface area (Å²) in [4.78, 5) is 35.7. The molecule has 32 heavy (non-hydrogen) atoms. The topological polar surface area (TPSA) is 100 Å². The number of fused-ring (bicyclic) bond motifs is 1. The van der Waals surface area contributed by atoms with E-state index in [4.69, 9.17) is 14.2 Å². The molecule has 1 heterocycles. The third-order valence-corrected chi connectivity index (χ3v) is 4.04. The molecule has 1 amide bonds. The number of halogens is 3. The number of Topliss-reactive ketones (excluding diaryl/α,β-unsaturated/α-hetero) is 1. The minimum absolute atomic E-state index is 0.00783. The maximum atomic E-state index is 12.1. The van der Waals surface area contributed by atoms with Crippen molar-refractivity contribution < 1.29 is 46.5 Å². The number of benzene rings is 2. The van der Waals surface area contributed by atoms with Gasteiger partial charge in [-0.25, -0.2) is 4.79 Å². The van der Waals surface area contributed by atoms with E-state index in [0.29, 0.717) is 17.1 Å². The lowest BCUT2D eigenvalue weighted by atomic mass is 10.1. The molecule has 0 spiro atoms. The maximum Gasteiger partial charge on any atom is 0.573 e. The van der Waals surface area contributed by atoms with E-state index in [0.717, 1.165) is 18.2 Å². The zero-order valence-electron chi connectivity index (χ0n) is 16.5. The van der Waals surface area contributed by atoms with E-state index in [-0.39, 0.29) is 23.8 Å². The average Bonchev–Trinajstić information content (AvgIpc) is 3.17. The van der Waals surface area contributed by atoms with Gasteiger partial charge in [-0.15, -0.1) is 13.2 Å². The normalized spacial score (nSPS) is 12.5. The van der Waals surface area contributed by atoms with Crippen molar-refractivity contribution in [1.82, 2.24) is 0 Å². The van der Waals surface area contributed by atoms with E-state index < -0.39 is 30.6 Å². The zero-order chi connectivity index (χ0) is 23.3. The van der Waals surface area contributed by atoms with Crippen LogP contribution in [0, 0.1) is 0 Å².